The monoisotopic (exact) mass is 346 g/mol. The molecule has 16 heavy (non-hydrogen) atoms. The second-order valence-electron chi connectivity index (χ2n) is 4.37. The molecule has 0 aliphatic carbocycles. The summed E-state index contributed by atoms with van der Waals surface area (Å²) in [5, 5.41) is 1.11. The van der Waals surface area contributed by atoms with E-state index < -0.39 is 0 Å². The maximum atomic E-state index is 4.48. The van der Waals surface area contributed by atoms with Crippen molar-refractivity contribution in [2.24, 2.45) is 5.92 Å². The fourth-order valence-corrected chi connectivity index (χ4v) is 2.99. The number of hydrogen-bond donors (Lipinski definition) is 0. The van der Waals surface area contributed by atoms with E-state index in [0.29, 0.717) is 0 Å². The van der Waals surface area contributed by atoms with Gasteiger partial charge in [0.25, 0.3) is 0 Å². The molecule has 1 aliphatic heterocycles. The van der Waals surface area contributed by atoms with Crippen molar-refractivity contribution < 1.29 is 0 Å². The standard InChI is InChI=1S/C12H16Br2N2/c1-9-6-12(15-7-11(9)14)16-5-3-10(8-16)2-4-13/h6-7,10H,2-5,8H2,1H3. The molecule has 0 bridgehead atoms. The maximum absolute atomic E-state index is 4.48. The van der Waals surface area contributed by atoms with E-state index >= 15 is 0 Å². The average Bonchev–Trinajstić information content (AvgIpc) is 2.71. The van der Waals surface area contributed by atoms with Gasteiger partial charge in [0.2, 0.25) is 0 Å². The van der Waals surface area contributed by atoms with Crippen molar-refractivity contribution in [1.29, 1.82) is 0 Å². The molecule has 1 aliphatic rings. The summed E-state index contributed by atoms with van der Waals surface area (Å²) in [7, 11) is 0. The summed E-state index contributed by atoms with van der Waals surface area (Å²) in [5.41, 5.74) is 1.26. The molecule has 1 unspecified atom stereocenters. The van der Waals surface area contributed by atoms with Gasteiger partial charge in [0, 0.05) is 29.1 Å². The van der Waals surface area contributed by atoms with Gasteiger partial charge >= 0.3 is 0 Å². The van der Waals surface area contributed by atoms with Crippen LogP contribution in [-0.2, 0) is 0 Å². The molecule has 2 heterocycles. The van der Waals surface area contributed by atoms with Gasteiger partial charge in [-0.2, -0.15) is 0 Å². The molecule has 2 nitrogen and oxygen atoms in total. The molecule has 4 heteroatoms. The molecule has 1 saturated heterocycles. The van der Waals surface area contributed by atoms with E-state index in [0.717, 1.165) is 34.6 Å². The second kappa shape index (κ2) is 5.50. The lowest BCUT2D eigenvalue weighted by Crippen LogP contribution is -2.20. The number of aromatic nitrogens is 1. The number of alkyl halides is 1. The van der Waals surface area contributed by atoms with Crippen molar-refractivity contribution in [3.63, 3.8) is 0 Å². The molecule has 0 aromatic carbocycles. The summed E-state index contributed by atoms with van der Waals surface area (Å²) in [6, 6.07) is 2.17. The highest BCUT2D eigenvalue weighted by Gasteiger charge is 2.22. The Morgan fingerprint density at radius 2 is 2.38 bits per heavy atom. The Morgan fingerprint density at radius 1 is 1.56 bits per heavy atom. The van der Waals surface area contributed by atoms with Gasteiger partial charge in [-0.25, -0.2) is 4.98 Å². The molecule has 0 spiro atoms. The minimum absolute atomic E-state index is 0.824. The Labute approximate surface area is 114 Å². The smallest absolute Gasteiger partial charge is 0.128 e. The summed E-state index contributed by atoms with van der Waals surface area (Å²) in [6.07, 6.45) is 4.47. The van der Waals surface area contributed by atoms with Crippen molar-refractivity contribution in [3.8, 4) is 0 Å². The van der Waals surface area contributed by atoms with Crippen molar-refractivity contribution in [1.82, 2.24) is 4.98 Å². The molecule has 0 amide bonds. The first kappa shape index (κ1) is 12.4. The van der Waals surface area contributed by atoms with Gasteiger partial charge in [0.15, 0.2) is 0 Å². The van der Waals surface area contributed by atoms with E-state index in [1.165, 1.54) is 18.4 Å². The number of rotatable bonds is 3. The average molecular weight is 348 g/mol. The van der Waals surface area contributed by atoms with Crippen LogP contribution in [0.3, 0.4) is 0 Å². The molecule has 1 aromatic rings. The molecular weight excluding hydrogens is 332 g/mol. The van der Waals surface area contributed by atoms with Crippen LogP contribution in [0.2, 0.25) is 0 Å². The van der Waals surface area contributed by atoms with Gasteiger partial charge < -0.3 is 4.90 Å². The fourth-order valence-electron chi connectivity index (χ4n) is 2.13. The third-order valence-corrected chi connectivity index (χ3v) is 4.45. The molecule has 1 atom stereocenters. The molecule has 88 valence electrons. The van der Waals surface area contributed by atoms with Gasteiger partial charge in [-0.3, -0.25) is 0 Å². The number of anilines is 1. The SMILES string of the molecule is Cc1cc(N2CCC(CCBr)C2)ncc1Br. The zero-order valence-corrected chi connectivity index (χ0v) is 12.6. The van der Waals surface area contributed by atoms with Crippen LogP contribution in [-0.4, -0.2) is 23.4 Å². The fraction of sp³-hybridized carbons (Fsp3) is 0.583. The molecule has 1 aromatic heterocycles. The Balaban J connectivity index is 2.05. The Bertz CT molecular complexity index is 368. The van der Waals surface area contributed by atoms with Crippen molar-refractivity contribution in [2.75, 3.05) is 23.3 Å². The van der Waals surface area contributed by atoms with Crippen LogP contribution < -0.4 is 4.90 Å². The first-order valence-electron chi connectivity index (χ1n) is 5.63. The Kier molecular flexibility index (Phi) is 4.25. The molecular formula is C12H16Br2N2. The van der Waals surface area contributed by atoms with Crippen LogP contribution in [0.5, 0.6) is 0 Å². The number of nitrogens with zero attached hydrogens (tertiary/aromatic N) is 2. The van der Waals surface area contributed by atoms with Crippen LogP contribution in [0.4, 0.5) is 5.82 Å². The van der Waals surface area contributed by atoms with E-state index in [1.54, 1.807) is 0 Å². The largest absolute Gasteiger partial charge is 0.356 e. The lowest BCUT2D eigenvalue weighted by atomic mass is 10.1. The molecule has 0 saturated carbocycles. The minimum Gasteiger partial charge on any atom is -0.356 e. The zero-order valence-electron chi connectivity index (χ0n) is 9.42. The predicted molar refractivity (Wildman–Crippen MR) is 75.4 cm³/mol. The highest BCUT2D eigenvalue weighted by molar-refractivity contribution is 9.10. The molecule has 0 N–H and O–H groups in total. The summed E-state index contributed by atoms with van der Waals surface area (Å²) < 4.78 is 1.09. The number of hydrogen-bond acceptors (Lipinski definition) is 2. The van der Waals surface area contributed by atoms with Crippen LogP contribution in [0.15, 0.2) is 16.7 Å². The summed E-state index contributed by atoms with van der Waals surface area (Å²) in [5.74, 6) is 1.95. The van der Waals surface area contributed by atoms with Crippen LogP contribution in [0.1, 0.15) is 18.4 Å². The summed E-state index contributed by atoms with van der Waals surface area (Å²) >= 11 is 7.00. The van der Waals surface area contributed by atoms with E-state index in [9.17, 15) is 0 Å². The first-order valence-corrected chi connectivity index (χ1v) is 7.55. The van der Waals surface area contributed by atoms with Crippen LogP contribution >= 0.6 is 31.9 Å². The topological polar surface area (TPSA) is 16.1 Å². The lowest BCUT2D eigenvalue weighted by Gasteiger charge is -2.18. The third-order valence-electron chi connectivity index (χ3n) is 3.16. The molecule has 1 fully saturated rings. The third kappa shape index (κ3) is 2.77. The van der Waals surface area contributed by atoms with Gasteiger partial charge in [-0.15, -0.1) is 0 Å². The normalized spacial score (nSPS) is 20.4. The van der Waals surface area contributed by atoms with Crippen molar-refractivity contribution >= 4 is 37.7 Å². The van der Waals surface area contributed by atoms with E-state index in [4.69, 9.17) is 0 Å². The number of pyridine rings is 1. The summed E-state index contributed by atoms with van der Waals surface area (Å²) in [4.78, 5) is 6.88. The molecule has 2 rings (SSSR count). The predicted octanol–water partition coefficient (Wildman–Crippen LogP) is 3.76. The van der Waals surface area contributed by atoms with E-state index in [-0.39, 0.29) is 0 Å². The zero-order chi connectivity index (χ0) is 11.5. The second-order valence-corrected chi connectivity index (χ2v) is 6.02. The van der Waals surface area contributed by atoms with Gasteiger partial charge in [-0.1, -0.05) is 15.9 Å². The summed E-state index contributed by atoms with van der Waals surface area (Å²) in [6.45, 7) is 4.41. The number of halogens is 2. The van der Waals surface area contributed by atoms with Crippen molar-refractivity contribution in [3.05, 3.63) is 22.3 Å². The quantitative estimate of drug-likeness (QED) is 0.774. The highest BCUT2D eigenvalue weighted by Crippen LogP contribution is 2.26. The van der Waals surface area contributed by atoms with E-state index in [2.05, 4.69) is 54.7 Å². The maximum Gasteiger partial charge on any atom is 0.128 e. The van der Waals surface area contributed by atoms with Crippen LogP contribution in [0.25, 0.3) is 0 Å². The Morgan fingerprint density at radius 3 is 3.06 bits per heavy atom. The number of aryl methyl sites for hydroxylation is 1. The molecule has 0 radical (unpaired) electrons. The highest BCUT2D eigenvalue weighted by atomic mass is 79.9. The van der Waals surface area contributed by atoms with Gasteiger partial charge in [0.1, 0.15) is 5.82 Å². The van der Waals surface area contributed by atoms with Gasteiger partial charge in [-0.05, 0) is 53.2 Å². The van der Waals surface area contributed by atoms with Crippen molar-refractivity contribution in [2.45, 2.75) is 19.8 Å². The Hall–Kier alpha value is -0.0900. The van der Waals surface area contributed by atoms with Crippen LogP contribution in [0, 0.1) is 12.8 Å². The van der Waals surface area contributed by atoms with E-state index in [1.807, 2.05) is 6.20 Å². The first-order chi connectivity index (χ1) is 7.70. The minimum atomic E-state index is 0.824. The lowest BCUT2D eigenvalue weighted by molar-refractivity contribution is 0.575. The van der Waals surface area contributed by atoms with Gasteiger partial charge in [0.05, 0.1) is 0 Å².